The summed E-state index contributed by atoms with van der Waals surface area (Å²) in [4.78, 5) is 0. The molecular formula is C15H23F. The number of hydrogen-bond acceptors (Lipinski definition) is 0. The summed E-state index contributed by atoms with van der Waals surface area (Å²) in [6.07, 6.45) is 5.18. The van der Waals surface area contributed by atoms with Crippen molar-refractivity contribution in [3.05, 3.63) is 35.6 Å². The van der Waals surface area contributed by atoms with Crippen LogP contribution in [-0.2, 0) is 0 Å². The molecular weight excluding hydrogens is 199 g/mol. The minimum Gasteiger partial charge on any atom is -0.207 e. The van der Waals surface area contributed by atoms with Crippen molar-refractivity contribution in [3.63, 3.8) is 0 Å². The Balaban J connectivity index is 0.000000606. The second kappa shape index (κ2) is 6.67. The highest BCUT2D eigenvalue weighted by molar-refractivity contribution is 5.20. The summed E-state index contributed by atoms with van der Waals surface area (Å²) in [6.45, 7) is 6.32. The van der Waals surface area contributed by atoms with Gasteiger partial charge in [0.05, 0.1) is 0 Å². The molecule has 0 N–H and O–H groups in total. The van der Waals surface area contributed by atoms with Crippen molar-refractivity contribution in [1.29, 1.82) is 0 Å². The molecule has 0 saturated heterocycles. The molecule has 1 heteroatoms. The average Bonchev–Trinajstić information content (AvgIpc) is 2.34. The van der Waals surface area contributed by atoms with E-state index in [0.29, 0.717) is 5.92 Å². The molecule has 0 nitrogen and oxygen atoms in total. The molecule has 1 fully saturated rings. The van der Waals surface area contributed by atoms with Crippen LogP contribution in [0.25, 0.3) is 0 Å². The molecule has 1 saturated carbocycles. The van der Waals surface area contributed by atoms with Crippen LogP contribution in [0.15, 0.2) is 24.3 Å². The topological polar surface area (TPSA) is 0 Å². The van der Waals surface area contributed by atoms with Crippen LogP contribution in [0.1, 0.15) is 57.9 Å². The third-order valence-electron chi connectivity index (χ3n) is 3.36. The molecule has 0 heterocycles. The average molecular weight is 222 g/mol. The Morgan fingerprint density at radius 3 is 1.94 bits per heavy atom. The van der Waals surface area contributed by atoms with Crippen molar-refractivity contribution in [3.8, 4) is 0 Å². The number of rotatable bonds is 1. The van der Waals surface area contributed by atoms with E-state index in [1.807, 2.05) is 26.0 Å². The van der Waals surface area contributed by atoms with Crippen LogP contribution in [0, 0.1) is 11.7 Å². The molecule has 0 spiro atoms. The largest absolute Gasteiger partial charge is 0.207 e. The van der Waals surface area contributed by atoms with Gasteiger partial charge in [-0.1, -0.05) is 45.7 Å². The molecule has 0 amide bonds. The van der Waals surface area contributed by atoms with Crippen LogP contribution in [0.2, 0.25) is 0 Å². The highest BCUT2D eigenvalue weighted by Crippen LogP contribution is 2.35. The van der Waals surface area contributed by atoms with Crippen molar-refractivity contribution in [1.82, 2.24) is 0 Å². The SMILES string of the molecule is CC.CC1CCC(c2ccc(F)cc2)CC1. The Bertz CT molecular complexity index is 281. The van der Waals surface area contributed by atoms with E-state index in [0.717, 1.165) is 5.92 Å². The summed E-state index contributed by atoms with van der Waals surface area (Å²) in [7, 11) is 0. The van der Waals surface area contributed by atoms with Gasteiger partial charge in [0.25, 0.3) is 0 Å². The number of halogens is 1. The van der Waals surface area contributed by atoms with Crippen molar-refractivity contribution >= 4 is 0 Å². The van der Waals surface area contributed by atoms with E-state index < -0.39 is 0 Å². The fourth-order valence-electron chi connectivity index (χ4n) is 2.33. The van der Waals surface area contributed by atoms with Gasteiger partial charge in [0.2, 0.25) is 0 Å². The summed E-state index contributed by atoms with van der Waals surface area (Å²) in [5.41, 5.74) is 1.32. The van der Waals surface area contributed by atoms with E-state index in [9.17, 15) is 4.39 Å². The molecule has 0 radical (unpaired) electrons. The summed E-state index contributed by atoms with van der Waals surface area (Å²) in [5.74, 6) is 1.43. The van der Waals surface area contributed by atoms with Gasteiger partial charge in [-0.05, 0) is 42.4 Å². The maximum absolute atomic E-state index is 12.7. The molecule has 90 valence electrons. The van der Waals surface area contributed by atoms with Crippen molar-refractivity contribution in [2.45, 2.75) is 52.4 Å². The second-order valence-electron chi connectivity index (χ2n) is 4.51. The van der Waals surface area contributed by atoms with Crippen LogP contribution in [0.5, 0.6) is 0 Å². The summed E-state index contributed by atoms with van der Waals surface area (Å²) in [5, 5.41) is 0. The molecule has 1 aliphatic rings. The Morgan fingerprint density at radius 2 is 1.44 bits per heavy atom. The Morgan fingerprint density at radius 1 is 0.938 bits per heavy atom. The van der Waals surface area contributed by atoms with Gasteiger partial charge in [0.1, 0.15) is 5.82 Å². The summed E-state index contributed by atoms with van der Waals surface area (Å²) >= 11 is 0. The molecule has 0 bridgehead atoms. The van der Waals surface area contributed by atoms with Gasteiger partial charge in [-0.15, -0.1) is 0 Å². The molecule has 2 rings (SSSR count). The van der Waals surface area contributed by atoms with Gasteiger partial charge in [0, 0.05) is 0 Å². The van der Waals surface area contributed by atoms with Gasteiger partial charge in [-0.25, -0.2) is 4.39 Å². The Hall–Kier alpha value is -0.850. The van der Waals surface area contributed by atoms with Crippen LogP contribution >= 0.6 is 0 Å². The van der Waals surface area contributed by atoms with E-state index in [1.165, 1.54) is 31.2 Å². The third kappa shape index (κ3) is 3.62. The van der Waals surface area contributed by atoms with Gasteiger partial charge in [-0.3, -0.25) is 0 Å². The second-order valence-corrected chi connectivity index (χ2v) is 4.51. The molecule has 0 atom stereocenters. The fraction of sp³-hybridized carbons (Fsp3) is 0.600. The van der Waals surface area contributed by atoms with E-state index in [-0.39, 0.29) is 5.82 Å². The first-order chi connectivity index (χ1) is 7.75. The maximum atomic E-state index is 12.7. The van der Waals surface area contributed by atoms with E-state index in [2.05, 4.69) is 6.92 Å². The molecule has 0 unspecified atom stereocenters. The van der Waals surface area contributed by atoms with E-state index >= 15 is 0 Å². The lowest BCUT2D eigenvalue weighted by molar-refractivity contribution is 0.348. The molecule has 0 aliphatic heterocycles. The first-order valence-corrected chi connectivity index (χ1v) is 6.51. The monoisotopic (exact) mass is 222 g/mol. The lowest BCUT2D eigenvalue weighted by Crippen LogP contribution is -2.10. The first-order valence-electron chi connectivity index (χ1n) is 6.51. The molecule has 1 aromatic carbocycles. The standard InChI is InChI=1S/C13H17F.C2H6/c1-10-2-4-11(5-3-10)12-6-8-13(14)9-7-12;1-2/h6-11H,2-5H2,1H3;1-2H3. The highest BCUT2D eigenvalue weighted by atomic mass is 19.1. The quantitative estimate of drug-likeness (QED) is 0.616. The molecule has 16 heavy (non-hydrogen) atoms. The predicted molar refractivity (Wildman–Crippen MR) is 68.1 cm³/mol. The van der Waals surface area contributed by atoms with Crippen LogP contribution < -0.4 is 0 Å². The van der Waals surface area contributed by atoms with E-state index in [4.69, 9.17) is 0 Å². The van der Waals surface area contributed by atoms with Crippen molar-refractivity contribution in [2.24, 2.45) is 5.92 Å². The summed E-state index contributed by atoms with van der Waals surface area (Å²) in [6, 6.07) is 7.03. The highest BCUT2D eigenvalue weighted by Gasteiger charge is 2.19. The van der Waals surface area contributed by atoms with Gasteiger partial charge >= 0.3 is 0 Å². The minimum absolute atomic E-state index is 0.127. The maximum Gasteiger partial charge on any atom is 0.123 e. The number of hydrogen-bond donors (Lipinski definition) is 0. The Labute approximate surface area is 98.9 Å². The Kier molecular flexibility index (Phi) is 5.51. The zero-order valence-corrected chi connectivity index (χ0v) is 10.7. The lowest BCUT2D eigenvalue weighted by Gasteiger charge is -2.26. The molecule has 1 aromatic rings. The fourth-order valence-corrected chi connectivity index (χ4v) is 2.33. The van der Waals surface area contributed by atoms with Crippen LogP contribution in [0.4, 0.5) is 4.39 Å². The lowest BCUT2D eigenvalue weighted by atomic mass is 9.79. The zero-order valence-electron chi connectivity index (χ0n) is 10.7. The number of benzene rings is 1. The van der Waals surface area contributed by atoms with Crippen molar-refractivity contribution in [2.75, 3.05) is 0 Å². The van der Waals surface area contributed by atoms with Gasteiger partial charge in [-0.2, -0.15) is 0 Å². The van der Waals surface area contributed by atoms with Crippen LogP contribution in [0.3, 0.4) is 0 Å². The first kappa shape index (κ1) is 13.2. The van der Waals surface area contributed by atoms with Crippen molar-refractivity contribution < 1.29 is 4.39 Å². The van der Waals surface area contributed by atoms with Gasteiger partial charge < -0.3 is 0 Å². The predicted octanol–water partition coefficient (Wildman–Crippen LogP) is 5.15. The van der Waals surface area contributed by atoms with Crippen LogP contribution in [-0.4, -0.2) is 0 Å². The minimum atomic E-state index is -0.127. The summed E-state index contributed by atoms with van der Waals surface area (Å²) < 4.78 is 12.7. The molecule has 1 aliphatic carbocycles. The molecule has 0 aromatic heterocycles. The third-order valence-corrected chi connectivity index (χ3v) is 3.36. The smallest absolute Gasteiger partial charge is 0.123 e. The van der Waals surface area contributed by atoms with Gasteiger partial charge in [0.15, 0.2) is 0 Å². The normalized spacial score (nSPS) is 24.5. The zero-order chi connectivity index (χ0) is 12.0. The van der Waals surface area contributed by atoms with E-state index in [1.54, 1.807) is 12.1 Å².